The van der Waals surface area contributed by atoms with Crippen LogP contribution in [0.3, 0.4) is 0 Å². The summed E-state index contributed by atoms with van der Waals surface area (Å²) in [5.74, 6) is 0.773. The number of ketones is 1. The summed E-state index contributed by atoms with van der Waals surface area (Å²) in [4.78, 5) is 29.9. The van der Waals surface area contributed by atoms with Gasteiger partial charge in [0.2, 0.25) is 0 Å². The first-order valence-electron chi connectivity index (χ1n) is 11.3. The third-order valence-electron chi connectivity index (χ3n) is 8.27. The van der Waals surface area contributed by atoms with Gasteiger partial charge >= 0.3 is 0 Å². The highest BCUT2D eigenvalue weighted by Gasteiger charge is 2.61. The van der Waals surface area contributed by atoms with E-state index in [2.05, 4.69) is 13.8 Å². The molecule has 0 saturated heterocycles. The third kappa shape index (κ3) is 5.03. The van der Waals surface area contributed by atoms with Gasteiger partial charge in [-0.05, 0) is 73.7 Å². The Balaban J connectivity index is 0.000000370. The van der Waals surface area contributed by atoms with E-state index < -0.39 is 11.9 Å². The van der Waals surface area contributed by atoms with Crippen molar-refractivity contribution in [3.63, 3.8) is 0 Å². The van der Waals surface area contributed by atoms with Crippen LogP contribution < -0.4 is 0 Å². The molecule has 31 heavy (non-hydrogen) atoms. The van der Waals surface area contributed by atoms with Gasteiger partial charge in [-0.15, -0.1) is 0 Å². The van der Waals surface area contributed by atoms with Crippen LogP contribution >= 0.6 is 0 Å². The highest BCUT2D eigenvalue weighted by atomic mass is 16.4. The fourth-order valence-corrected chi connectivity index (χ4v) is 6.99. The van der Waals surface area contributed by atoms with Crippen LogP contribution in [0.4, 0.5) is 0 Å². The smallest absolute Gasteiger partial charge is 0.300 e. The quantitative estimate of drug-likeness (QED) is 0.494. The number of aliphatic hydroxyl groups excluding tert-OH is 2. The summed E-state index contributed by atoms with van der Waals surface area (Å²) in [5.41, 5.74) is 1.14. The number of hydrogen-bond acceptors (Lipinski definition) is 5. The van der Waals surface area contributed by atoms with Crippen molar-refractivity contribution in [2.24, 2.45) is 34.5 Å². The van der Waals surface area contributed by atoms with Gasteiger partial charge in [0.1, 0.15) is 0 Å². The van der Waals surface area contributed by atoms with Crippen LogP contribution in [0.2, 0.25) is 0 Å². The van der Waals surface area contributed by atoms with Gasteiger partial charge in [0.15, 0.2) is 5.78 Å². The average Bonchev–Trinajstić information content (AvgIpc) is 2.96. The minimum atomic E-state index is -0.833. The number of carbonyl (C=O) groups is 3. The van der Waals surface area contributed by atoms with Gasteiger partial charge in [-0.3, -0.25) is 14.4 Å². The van der Waals surface area contributed by atoms with E-state index in [1.807, 2.05) is 6.08 Å². The molecule has 0 radical (unpaired) electrons. The summed E-state index contributed by atoms with van der Waals surface area (Å²) in [5, 5.41) is 35.7. The molecule has 7 nitrogen and oxygen atoms in total. The molecule has 7 heteroatoms. The zero-order valence-electron chi connectivity index (χ0n) is 19.1. The van der Waals surface area contributed by atoms with E-state index in [0.717, 1.165) is 52.4 Å². The lowest BCUT2D eigenvalue weighted by Gasteiger charge is -2.60. The molecule has 4 N–H and O–H groups in total. The van der Waals surface area contributed by atoms with E-state index in [9.17, 15) is 15.0 Å². The Morgan fingerprint density at radius 2 is 1.65 bits per heavy atom. The lowest BCUT2D eigenvalue weighted by molar-refractivity contribution is -0.135. The molecule has 0 aromatic carbocycles. The minimum absolute atomic E-state index is 0.0672. The van der Waals surface area contributed by atoms with E-state index in [4.69, 9.17) is 19.8 Å². The van der Waals surface area contributed by atoms with Crippen LogP contribution in [0, 0.1) is 34.5 Å². The highest BCUT2D eigenvalue weighted by molar-refractivity contribution is 5.91. The summed E-state index contributed by atoms with van der Waals surface area (Å²) in [6.45, 7) is 6.97. The highest BCUT2D eigenvalue weighted by Crippen LogP contribution is 2.66. The lowest BCUT2D eigenvalue weighted by atomic mass is 9.45. The van der Waals surface area contributed by atoms with E-state index in [0.29, 0.717) is 30.1 Å². The van der Waals surface area contributed by atoms with Crippen molar-refractivity contribution in [2.45, 2.75) is 78.7 Å². The number of hydrogen-bond donors (Lipinski definition) is 4. The number of fused-ring (bicyclic) bond motifs is 5. The zero-order chi connectivity index (χ0) is 23.6. The van der Waals surface area contributed by atoms with Crippen molar-refractivity contribution >= 4 is 17.7 Å². The predicted octanol–water partition coefficient (Wildman–Crippen LogP) is 3.28. The van der Waals surface area contributed by atoms with Crippen LogP contribution in [0.5, 0.6) is 0 Å². The topological polar surface area (TPSA) is 132 Å². The first-order chi connectivity index (χ1) is 14.4. The third-order valence-corrected chi connectivity index (χ3v) is 8.27. The molecule has 4 aliphatic rings. The summed E-state index contributed by atoms with van der Waals surface area (Å²) >= 11 is 0. The Morgan fingerprint density at radius 1 is 1.06 bits per heavy atom. The summed E-state index contributed by atoms with van der Waals surface area (Å²) in [6, 6.07) is 0. The second-order valence-electron chi connectivity index (χ2n) is 10.1. The lowest BCUT2D eigenvalue weighted by Crippen LogP contribution is -2.55. The molecule has 7 atom stereocenters. The molecular weight excluding hydrogens is 400 g/mol. The number of carboxylic acid groups (broad SMARTS) is 2. The Morgan fingerprint density at radius 3 is 2.19 bits per heavy atom. The van der Waals surface area contributed by atoms with Crippen molar-refractivity contribution in [3.8, 4) is 0 Å². The molecule has 0 amide bonds. The monoisotopic (exact) mass is 438 g/mol. The molecule has 3 fully saturated rings. The Bertz CT molecular complexity index is 709. The SMILES string of the molecule is CC(=O)O.CC(=O)O.C[C@@H]1CC2=CC(=O)CC[C@]2(CO)[C@H]2CC[C@]3(C)[C@@H](O)CC[C@H]3[C@H]12. The number of carbonyl (C=O) groups excluding carboxylic acids is 1. The van der Waals surface area contributed by atoms with Crippen molar-refractivity contribution in [1.82, 2.24) is 0 Å². The Hall–Kier alpha value is -1.73. The fraction of sp³-hybridized carbons (Fsp3) is 0.792. The Kier molecular flexibility index (Phi) is 8.09. The van der Waals surface area contributed by atoms with Crippen LogP contribution in [-0.4, -0.2) is 50.9 Å². The molecule has 0 aromatic rings. The standard InChI is InChI=1S/C20H30O3.2C2H4O2/c1-12-9-13-10-14(22)5-8-20(13,11-21)16-6-7-19(2)15(18(12)16)3-4-17(19)23;2*1-2(3)4/h10,12,15-18,21,23H,3-9,11H2,1-2H3;2*1H3,(H,3,4)/t12-,15+,16+,17+,18+,19+,20-;;/m1../s1. The van der Waals surface area contributed by atoms with Crippen molar-refractivity contribution in [1.29, 1.82) is 0 Å². The maximum Gasteiger partial charge on any atom is 0.300 e. The van der Waals surface area contributed by atoms with Gasteiger partial charge in [-0.1, -0.05) is 19.4 Å². The largest absolute Gasteiger partial charge is 0.481 e. The maximum absolute atomic E-state index is 11.9. The average molecular weight is 439 g/mol. The van der Waals surface area contributed by atoms with Crippen LogP contribution in [0.1, 0.15) is 72.6 Å². The normalized spacial score (nSPS) is 40.5. The van der Waals surface area contributed by atoms with Crippen LogP contribution in [0.15, 0.2) is 11.6 Å². The number of rotatable bonds is 1. The van der Waals surface area contributed by atoms with E-state index in [-0.39, 0.29) is 29.3 Å². The van der Waals surface area contributed by atoms with Crippen LogP contribution in [0.25, 0.3) is 0 Å². The van der Waals surface area contributed by atoms with Crippen molar-refractivity contribution < 1.29 is 34.8 Å². The molecule has 0 spiro atoms. The summed E-state index contributed by atoms with van der Waals surface area (Å²) < 4.78 is 0. The van der Waals surface area contributed by atoms with Gasteiger partial charge in [0.05, 0.1) is 12.7 Å². The molecule has 0 bridgehead atoms. The molecule has 0 aromatic heterocycles. The predicted molar refractivity (Wildman–Crippen MR) is 115 cm³/mol. The van der Waals surface area contributed by atoms with Gasteiger partial charge in [0.25, 0.3) is 11.9 Å². The zero-order valence-corrected chi connectivity index (χ0v) is 19.1. The van der Waals surface area contributed by atoms with Gasteiger partial charge in [-0.2, -0.15) is 0 Å². The summed E-state index contributed by atoms with van der Waals surface area (Å²) in [7, 11) is 0. The molecular formula is C24H38O7. The molecule has 4 aliphatic carbocycles. The Labute approximate surface area is 184 Å². The second-order valence-corrected chi connectivity index (χ2v) is 10.1. The molecule has 0 heterocycles. The first kappa shape index (κ1) is 25.5. The molecule has 4 rings (SSSR count). The van der Waals surface area contributed by atoms with E-state index in [1.54, 1.807) is 0 Å². The first-order valence-corrected chi connectivity index (χ1v) is 11.3. The van der Waals surface area contributed by atoms with Crippen molar-refractivity contribution in [3.05, 3.63) is 11.6 Å². The second kappa shape index (κ2) is 9.82. The summed E-state index contributed by atoms with van der Waals surface area (Å²) in [6.07, 6.45) is 8.30. The van der Waals surface area contributed by atoms with Crippen LogP contribution in [-0.2, 0) is 14.4 Å². The molecule has 176 valence electrons. The van der Waals surface area contributed by atoms with Gasteiger partial charge in [0, 0.05) is 25.7 Å². The number of aliphatic hydroxyl groups is 2. The minimum Gasteiger partial charge on any atom is -0.481 e. The number of aliphatic carboxylic acids is 2. The molecule has 0 aliphatic heterocycles. The van der Waals surface area contributed by atoms with Gasteiger partial charge < -0.3 is 20.4 Å². The molecule has 0 unspecified atom stereocenters. The van der Waals surface area contributed by atoms with E-state index >= 15 is 0 Å². The fourth-order valence-electron chi connectivity index (χ4n) is 6.99. The van der Waals surface area contributed by atoms with Crippen molar-refractivity contribution in [2.75, 3.05) is 6.61 Å². The number of carboxylic acids is 2. The maximum atomic E-state index is 11.9. The van der Waals surface area contributed by atoms with Gasteiger partial charge in [-0.25, -0.2) is 0 Å². The van der Waals surface area contributed by atoms with E-state index in [1.165, 1.54) is 5.57 Å². The molecule has 3 saturated carbocycles.